The first-order valence-electron chi connectivity index (χ1n) is 7.52. The number of nitriles is 1. The molecule has 1 amide bonds. The molecule has 0 N–H and O–H groups in total. The van der Waals surface area contributed by atoms with Gasteiger partial charge in [-0.2, -0.15) is 14.7 Å². The van der Waals surface area contributed by atoms with Crippen molar-refractivity contribution in [3.63, 3.8) is 0 Å². The maximum absolute atomic E-state index is 12.8. The Morgan fingerprint density at radius 3 is 2.92 bits per heavy atom. The quantitative estimate of drug-likeness (QED) is 0.778. The van der Waals surface area contributed by atoms with Crippen molar-refractivity contribution in [2.45, 2.75) is 26.0 Å². The lowest BCUT2D eigenvalue weighted by Crippen LogP contribution is -2.39. The van der Waals surface area contributed by atoms with E-state index in [0.29, 0.717) is 6.54 Å². The van der Waals surface area contributed by atoms with Gasteiger partial charge in [-0.25, -0.2) is 4.68 Å². The molecule has 0 spiro atoms. The molecule has 0 aliphatic carbocycles. The second kappa shape index (κ2) is 7.84. The second-order valence-electron chi connectivity index (χ2n) is 5.20. The zero-order chi connectivity index (χ0) is 17.7. The highest BCUT2D eigenvalue weighted by atomic mass is 32.2. The lowest BCUT2D eigenvalue weighted by molar-refractivity contribution is -0.117. The minimum Gasteiger partial charge on any atom is -0.309 e. The Morgan fingerprint density at radius 2 is 2.33 bits per heavy atom. The van der Waals surface area contributed by atoms with Gasteiger partial charge in [0.25, 0.3) is 0 Å². The molecule has 0 bridgehead atoms. The highest BCUT2D eigenvalue weighted by Crippen LogP contribution is 2.22. The van der Waals surface area contributed by atoms with Gasteiger partial charge >= 0.3 is 0 Å². The third kappa shape index (κ3) is 3.68. The van der Waals surface area contributed by atoms with Crippen LogP contribution in [0.15, 0.2) is 35.1 Å². The molecule has 7 nitrogen and oxygen atoms in total. The molecule has 0 saturated heterocycles. The largest absolute Gasteiger partial charge is 0.309 e. The van der Waals surface area contributed by atoms with Crippen LogP contribution in [0.5, 0.6) is 0 Å². The fourth-order valence-electron chi connectivity index (χ4n) is 2.29. The van der Waals surface area contributed by atoms with Gasteiger partial charge in [-0.3, -0.25) is 9.78 Å². The zero-order valence-electron chi connectivity index (χ0n) is 14.2. The zero-order valence-corrected chi connectivity index (χ0v) is 15.0. The summed E-state index contributed by atoms with van der Waals surface area (Å²) in [7, 11) is -0.641. The van der Waals surface area contributed by atoms with Gasteiger partial charge < -0.3 is 4.90 Å². The van der Waals surface area contributed by atoms with Crippen molar-refractivity contribution in [2.24, 2.45) is 4.36 Å². The lowest BCUT2D eigenvalue weighted by Gasteiger charge is -2.23. The lowest BCUT2D eigenvalue weighted by atomic mass is 10.3. The normalized spacial score (nSPS) is 13.3. The minimum absolute atomic E-state index is 0.0591. The number of anilines is 1. The van der Waals surface area contributed by atoms with Crippen LogP contribution < -0.4 is 4.90 Å². The second-order valence-corrected chi connectivity index (χ2v) is 7.13. The number of pyridine rings is 1. The van der Waals surface area contributed by atoms with Crippen molar-refractivity contribution < 1.29 is 4.79 Å². The number of rotatable bonds is 5. The molecule has 2 aromatic rings. The van der Waals surface area contributed by atoms with E-state index in [2.05, 4.69) is 14.4 Å². The summed E-state index contributed by atoms with van der Waals surface area (Å²) in [5.41, 5.74) is 2.35. The Morgan fingerprint density at radius 1 is 1.58 bits per heavy atom. The molecular weight excluding hydrogens is 324 g/mol. The van der Waals surface area contributed by atoms with Crippen molar-refractivity contribution in [2.75, 3.05) is 17.7 Å². The van der Waals surface area contributed by atoms with Crippen LogP contribution in [-0.2, 0) is 15.5 Å². The number of aromatic nitrogens is 3. The van der Waals surface area contributed by atoms with Crippen LogP contribution in [0.2, 0.25) is 0 Å². The first-order chi connectivity index (χ1) is 11.5. The van der Waals surface area contributed by atoms with Crippen LogP contribution in [0.1, 0.15) is 19.5 Å². The Balaban J connectivity index is 2.35. The van der Waals surface area contributed by atoms with Crippen LogP contribution in [0.4, 0.5) is 5.69 Å². The summed E-state index contributed by atoms with van der Waals surface area (Å²) in [6.07, 6.45) is 8.82. The molecule has 0 fully saturated rings. The van der Waals surface area contributed by atoms with Gasteiger partial charge in [-0.15, -0.1) is 0 Å². The summed E-state index contributed by atoms with van der Waals surface area (Å²) in [6, 6.07) is 3.74. The van der Waals surface area contributed by atoms with E-state index in [1.54, 1.807) is 41.3 Å². The maximum atomic E-state index is 12.8. The van der Waals surface area contributed by atoms with E-state index in [1.807, 2.05) is 32.2 Å². The number of hydrogen-bond acceptors (Lipinski definition) is 5. The molecule has 126 valence electrons. The average Bonchev–Trinajstić information content (AvgIpc) is 2.97. The van der Waals surface area contributed by atoms with E-state index in [0.717, 1.165) is 17.1 Å². The molecule has 0 aromatic carbocycles. The van der Waals surface area contributed by atoms with Crippen molar-refractivity contribution in [1.29, 1.82) is 5.26 Å². The predicted molar refractivity (Wildman–Crippen MR) is 94.9 cm³/mol. The Kier molecular flexibility index (Phi) is 5.82. The van der Waals surface area contributed by atoms with Crippen molar-refractivity contribution in [1.82, 2.24) is 14.8 Å². The third-order valence-electron chi connectivity index (χ3n) is 3.70. The van der Waals surface area contributed by atoms with E-state index in [9.17, 15) is 4.79 Å². The number of carbonyl (C=O) groups excluding carboxylic acids is 1. The molecule has 24 heavy (non-hydrogen) atoms. The van der Waals surface area contributed by atoms with E-state index in [1.165, 1.54) is 0 Å². The molecular formula is C16H20N6OS. The molecule has 2 rings (SSSR count). The van der Waals surface area contributed by atoms with Gasteiger partial charge in [-0.05, 0) is 39.2 Å². The van der Waals surface area contributed by atoms with Gasteiger partial charge in [0, 0.05) is 12.7 Å². The molecule has 2 aromatic heterocycles. The first-order valence-corrected chi connectivity index (χ1v) is 9.17. The monoisotopic (exact) mass is 344 g/mol. The number of nitrogens with zero attached hydrogens (tertiary/aromatic N) is 6. The van der Waals surface area contributed by atoms with Crippen LogP contribution in [0.25, 0.3) is 5.69 Å². The number of carbonyl (C=O) groups is 1. The molecule has 0 saturated carbocycles. The van der Waals surface area contributed by atoms with Gasteiger partial charge in [0.2, 0.25) is 12.1 Å². The molecule has 2 atom stereocenters. The van der Waals surface area contributed by atoms with Crippen molar-refractivity contribution in [3.05, 3.63) is 36.4 Å². The fourth-order valence-corrected chi connectivity index (χ4v) is 3.00. The number of hydrogen-bond donors (Lipinski definition) is 0. The van der Waals surface area contributed by atoms with E-state index in [-0.39, 0.29) is 11.2 Å². The summed E-state index contributed by atoms with van der Waals surface area (Å²) in [5.74, 6) is -0.0591. The average molecular weight is 344 g/mol. The Labute approximate surface area is 144 Å². The predicted octanol–water partition coefficient (Wildman–Crippen LogP) is 2.23. The molecule has 0 aliphatic rings. The molecule has 0 aliphatic heterocycles. The van der Waals surface area contributed by atoms with Crippen LogP contribution in [0, 0.1) is 18.4 Å². The smallest absolute Gasteiger partial charge is 0.240 e. The third-order valence-corrected chi connectivity index (χ3v) is 5.30. The van der Waals surface area contributed by atoms with Gasteiger partial charge in [0.1, 0.15) is 0 Å². The van der Waals surface area contributed by atoms with E-state index < -0.39 is 10.7 Å². The summed E-state index contributed by atoms with van der Waals surface area (Å²) in [4.78, 5) is 18.6. The molecule has 2 unspecified atom stereocenters. The van der Waals surface area contributed by atoms with Crippen LogP contribution >= 0.6 is 0 Å². The fraction of sp³-hybridized carbons (Fsp3) is 0.375. The molecule has 8 heteroatoms. The van der Waals surface area contributed by atoms with Gasteiger partial charge in [0.05, 0.1) is 34.7 Å². The topological polar surface area (TPSA) is 87.2 Å². The molecule has 0 radical (unpaired) electrons. The summed E-state index contributed by atoms with van der Waals surface area (Å²) >= 11 is 0. The molecule has 2 heterocycles. The van der Waals surface area contributed by atoms with Gasteiger partial charge in [-0.1, -0.05) is 10.7 Å². The number of aryl methyl sites for hydroxylation is 1. The highest BCUT2D eigenvalue weighted by Gasteiger charge is 2.25. The standard InChI is InChI=1S/C16H20N6OS/c1-5-21(16(23)13(3)24(4)19-11-17)15-10-22(20-12(15)2)14-7-6-8-18-9-14/h6-10,13H,5H2,1-4H3. The SMILES string of the molecule is CCN(C(=O)C(C)S(C)=NC#N)c1cn(-c2cccnc2)nc1C. The Hall–Kier alpha value is -2.53. The van der Waals surface area contributed by atoms with Crippen molar-refractivity contribution in [3.8, 4) is 11.9 Å². The minimum atomic E-state index is -0.641. The first kappa shape index (κ1) is 17.8. The Bertz CT molecular complexity index is 793. The maximum Gasteiger partial charge on any atom is 0.240 e. The van der Waals surface area contributed by atoms with Crippen LogP contribution in [0.3, 0.4) is 0 Å². The highest BCUT2D eigenvalue weighted by molar-refractivity contribution is 7.88. The summed E-state index contributed by atoms with van der Waals surface area (Å²) < 4.78 is 5.50. The van der Waals surface area contributed by atoms with Crippen LogP contribution in [-0.4, -0.2) is 38.7 Å². The summed E-state index contributed by atoms with van der Waals surface area (Å²) in [5, 5.41) is 12.8. The van der Waals surface area contributed by atoms with E-state index >= 15 is 0 Å². The van der Waals surface area contributed by atoms with Gasteiger partial charge in [0.15, 0.2) is 0 Å². The number of amides is 1. The summed E-state index contributed by atoms with van der Waals surface area (Å²) in [6.45, 7) is 6.11. The van der Waals surface area contributed by atoms with E-state index in [4.69, 9.17) is 5.26 Å². The van der Waals surface area contributed by atoms with Crippen molar-refractivity contribution >= 4 is 22.3 Å².